The summed E-state index contributed by atoms with van der Waals surface area (Å²) in [4.78, 5) is 13.0. The predicted octanol–water partition coefficient (Wildman–Crippen LogP) is 1.44. The molecule has 0 aliphatic carbocycles. The van der Waals surface area contributed by atoms with Gasteiger partial charge in [-0.15, -0.1) is 0 Å². The van der Waals surface area contributed by atoms with Crippen molar-refractivity contribution >= 4 is 22.8 Å². The first kappa shape index (κ1) is 9.99. The van der Waals surface area contributed by atoms with Gasteiger partial charge in [0.1, 0.15) is 11.3 Å². The summed E-state index contributed by atoms with van der Waals surface area (Å²) in [5, 5.41) is 3.80. The predicted molar refractivity (Wildman–Crippen MR) is 61.3 cm³/mol. The molecule has 0 bridgehead atoms. The maximum absolute atomic E-state index is 6.10. The SMILES string of the molecule is Cn1cnc2c(Cl)nc(C3CCCN3)nc21. The molecule has 0 spiro atoms. The zero-order valence-corrected chi connectivity index (χ0v) is 9.70. The highest BCUT2D eigenvalue weighted by atomic mass is 35.5. The fraction of sp³-hybridized carbons (Fsp3) is 0.500. The van der Waals surface area contributed by atoms with Gasteiger partial charge in [0.05, 0.1) is 12.4 Å². The summed E-state index contributed by atoms with van der Waals surface area (Å²) in [5.41, 5.74) is 1.47. The van der Waals surface area contributed by atoms with Crippen LogP contribution in [0.3, 0.4) is 0 Å². The molecule has 5 nitrogen and oxygen atoms in total. The Kier molecular flexibility index (Phi) is 2.29. The smallest absolute Gasteiger partial charge is 0.164 e. The Morgan fingerprint density at radius 3 is 3.12 bits per heavy atom. The Balaban J connectivity index is 2.15. The zero-order chi connectivity index (χ0) is 11.1. The normalized spacial score (nSPS) is 20.8. The Bertz CT molecular complexity index is 529. The highest BCUT2D eigenvalue weighted by molar-refractivity contribution is 6.33. The fourth-order valence-electron chi connectivity index (χ4n) is 2.05. The van der Waals surface area contributed by atoms with Crippen LogP contribution in [-0.4, -0.2) is 26.1 Å². The maximum Gasteiger partial charge on any atom is 0.164 e. The number of nitrogens with zero attached hydrogens (tertiary/aromatic N) is 4. The second kappa shape index (κ2) is 3.68. The number of fused-ring (bicyclic) bond motifs is 1. The minimum absolute atomic E-state index is 0.233. The molecule has 84 valence electrons. The van der Waals surface area contributed by atoms with Crippen molar-refractivity contribution in [3.8, 4) is 0 Å². The van der Waals surface area contributed by atoms with Crippen molar-refractivity contribution in [3.05, 3.63) is 17.3 Å². The van der Waals surface area contributed by atoms with Crippen molar-refractivity contribution in [3.63, 3.8) is 0 Å². The highest BCUT2D eigenvalue weighted by Crippen LogP contribution is 2.24. The Hall–Kier alpha value is -1.20. The van der Waals surface area contributed by atoms with E-state index in [0.717, 1.165) is 30.9 Å². The molecule has 1 unspecified atom stereocenters. The molecule has 2 aromatic rings. The monoisotopic (exact) mass is 237 g/mol. The van der Waals surface area contributed by atoms with E-state index in [0.29, 0.717) is 10.7 Å². The van der Waals surface area contributed by atoms with E-state index in [4.69, 9.17) is 11.6 Å². The molecular weight excluding hydrogens is 226 g/mol. The molecule has 3 heterocycles. The quantitative estimate of drug-likeness (QED) is 0.763. The van der Waals surface area contributed by atoms with E-state index in [-0.39, 0.29) is 6.04 Å². The number of aromatic nitrogens is 4. The summed E-state index contributed by atoms with van der Waals surface area (Å²) in [6.07, 6.45) is 3.94. The summed E-state index contributed by atoms with van der Waals surface area (Å²) in [6.45, 7) is 1.02. The van der Waals surface area contributed by atoms with Gasteiger partial charge in [-0.05, 0) is 19.4 Å². The number of rotatable bonds is 1. The molecule has 0 radical (unpaired) electrons. The molecule has 0 aromatic carbocycles. The van der Waals surface area contributed by atoms with Crippen molar-refractivity contribution in [1.82, 2.24) is 24.8 Å². The molecule has 0 saturated carbocycles. The standard InChI is InChI=1S/C10H12ClN5/c1-16-5-13-7-8(11)14-9(15-10(7)16)6-3-2-4-12-6/h5-6,12H,2-4H2,1H3. The number of imidazole rings is 1. The topological polar surface area (TPSA) is 55.6 Å². The third-order valence-corrected chi connectivity index (χ3v) is 3.17. The maximum atomic E-state index is 6.10. The van der Waals surface area contributed by atoms with Crippen LogP contribution < -0.4 is 5.32 Å². The van der Waals surface area contributed by atoms with Gasteiger partial charge in [0, 0.05) is 7.05 Å². The van der Waals surface area contributed by atoms with E-state index in [1.807, 2.05) is 11.6 Å². The molecule has 3 rings (SSSR count). The second-order valence-electron chi connectivity index (χ2n) is 4.05. The molecule has 1 fully saturated rings. The number of aryl methyl sites for hydroxylation is 1. The molecular formula is C10H12ClN5. The third kappa shape index (κ3) is 1.47. The summed E-state index contributed by atoms with van der Waals surface area (Å²) in [5.74, 6) is 0.776. The Labute approximate surface area is 97.9 Å². The summed E-state index contributed by atoms with van der Waals surface area (Å²) in [7, 11) is 1.91. The first-order valence-corrected chi connectivity index (χ1v) is 5.71. The molecule has 1 atom stereocenters. The molecule has 0 amide bonds. The lowest BCUT2D eigenvalue weighted by atomic mass is 10.2. The largest absolute Gasteiger partial charge is 0.318 e. The molecule has 1 N–H and O–H groups in total. The minimum atomic E-state index is 0.233. The molecule has 1 aliphatic rings. The van der Waals surface area contributed by atoms with Gasteiger partial charge in [0.15, 0.2) is 10.8 Å². The molecule has 16 heavy (non-hydrogen) atoms. The van der Waals surface area contributed by atoms with Gasteiger partial charge < -0.3 is 9.88 Å². The summed E-state index contributed by atoms with van der Waals surface area (Å²) in [6, 6.07) is 0.233. The van der Waals surface area contributed by atoms with Crippen LogP contribution in [0.1, 0.15) is 24.7 Å². The first-order valence-electron chi connectivity index (χ1n) is 5.33. The van der Waals surface area contributed by atoms with E-state index >= 15 is 0 Å². The van der Waals surface area contributed by atoms with Crippen LogP contribution in [0.5, 0.6) is 0 Å². The first-order chi connectivity index (χ1) is 7.75. The van der Waals surface area contributed by atoms with E-state index in [2.05, 4.69) is 20.3 Å². The van der Waals surface area contributed by atoms with Crippen molar-refractivity contribution < 1.29 is 0 Å². The lowest BCUT2D eigenvalue weighted by Crippen LogP contribution is -2.16. The average molecular weight is 238 g/mol. The van der Waals surface area contributed by atoms with Crippen LogP contribution in [0, 0.1) is 0 Å². The Morgan fingerprint density at radius 2 is 2.38 bits per heavy atom. The van der Waals surface area contributed by atoms with Gasteiger partial charge in [0.25, 0.3) is 0 Å². The van der Waals surface area contributed by atoms with E-state index < -0.39 is 0 Å². The van der Waals surface area contributed by atoms with Crippen LogP contribution in [0.25, 0.3) is 11.2 Å². The van der Waals surface area contributed by atoms with Gasteiger partial charge >= 0.3 is 0 Å². The third-order valence-electron chi connectivity index (χ3n) is 2.91. The van der Waals surface area contributed by atoms with Crippen LogP contribution in [0.2, 0.25) is 5.15 Å². The average Bonchev–Trinajstić information content (AvgIpc) is 2.88. The van der Waals surface area contributed by atoms with E-state index in [9.17, 15) is 0 Å². The van der Waals surface area contributed by atoms with Crippen molar-refractivity contribution in [2.45, 2.75) is 18.9 Å². The molecule has 2 aromatic heterocycles. The van der Waals surface area contributed by atoms with Crippen LogP contribution in [0.15, 0.2) is 6.33 Å². The molecule has 6 heteroatoms. The van der Waals surface area contributed by atoms with Gasteiger partial charge in [-0.2, -0.15) is 0 Å². The number of hydrogen-bond donors (Lipinski definition) is 1. The second-order valence-corrected chi connectivity index (χ2v) is 4.41. The summed E-state index contributed by atoms with van der Waals surface area (Å²) < 4.78 is 1.86. The Morgan fingerprint density at radius 1 is 1.50 bits per heavy atom. The van der Waals surface area contributed by atoms with Gasteiger partial charge in [-0.3, -0.25) is 0 Å². The molecule has 1 aliphatic heterocycles. The lowest BCUT2D eigenvalue weighted by molar-refractivity contribution is 0.606. The van der Waals surface area contributed by atoms with E-state index in [1.54, 1.807) is 6.33 Å². The van der Waals surface area contributed by atoms with Gasteiger partial charge in [-0.25, -0.2) is 15.0 Å². The van der Waals surface area contributed by atoms with Crippen molar-refractivity contribution in [2.75, 3.05) is 6.54 Å². The number of nitrogens with one attached hydrogen (secondary N) is 1. The number of halogens is 1. The highest BCUT2D eigenvalue weighted by Gasteiger charge is 2.21. The van der Waals surface area contributed by atoms with Crippen molar-refractivity contribution in [2.24, 2.45) is 7.05 Å². The summed E-state index contributed by atoms with van der Waals surface area (Å²) >= 11 is 6.10. The lowest BCUT2D eigenvalue weighted by Gasteiger charge is -2.08. The molecule has 1 saturated heterocycles. The number of hydrogen-bond acceptors (Lipinski definition) is 4. The van der Waals surface area contributed by atoms with Crippen LogP contribution in [-0.2, 0) is 7.05 Å². The van der Waals surface area contributed by atoms with Crippen molar-refractivity contribution in [1.29, 1.82) is 0 Å². The van der Waals surface area contributed by atoms with Crippen LogP contribution >= 0.6 is 11.6 Å². The van der Waals surface area contributed by atoms with Gasteiger partial charge in [0.2, 0.25) is 0 Å². The van der Waals surface area contributed by atoms with Crippen LogP contribution in [0.4, 0.5) is 0 Å². The van der Waals surface area contributed by atoms with Gasteiger partial charge in [-0.1, -0.05) is 11.6 Å². The minimum Gasteiger partial charge on any atom is -0.318 e. The van der Waals surface area contributed by atoms with E-state index in [1.165, 1.54) is 0 Å². The zero-order valence-electron chi connectivity index (χ0n) is 8.94. The fourth-order valence-corrected chi connectivity index (χ4v) is 2.27.